The Kier molecular flexibility index (Phi) is 3.89. The molecule has 2 bridgehead atoms. The Bertz CT molecular complexity index is 592. The van der Waals surface area contributed by atoms with Gasteiger partial charge >= 0.3 is 0 Å². The Morgan fingerprint density at radius 1 is 1.35 bits per heavy atom. The van der Waals surface area contributed by atoms with Gasteiger partial charge in [-0.25, -0.2) is 0 Å². The largest absolute Gasteiger partial charge is 0.486 e. The van der Waals surface area contributed by atoms with Gasteiger partial charge in [-0.3, -0.25) is 4.79 Å². The van der Waals surface area contributed by atoms with Crippen molar-refractivity contribution in [1.82, 2.24) is 10.2 Å². The third kappa shape index (κ3) is 3.02. The molecule has 2 fully saturated rings. The van der Waals surface area contributed by atoms with Crippen molar-refractivity contribution in [3.8, 4) is 11.5 Å². The van der Waals surface area contributed by atoms with Crippen molar-refractivity contribution in [3.05, 3.63) is 23.8 Å². The van der Waals surface area contributed by atoms with Crippen LogP contribution in [0.25, 0.3) is 0 Å². The first-order valence-corrected chi connectivity index (χ1v) is 8.68. The lowest BCUT2D eigenvalue weighted by Gasteiger charge is -2.30. The predicted octanol–water partition coefficient (Wildman–Crippen LogP) is 2.06. The molecule has 4 atom stereocenters. The van der Waals surface area contributed by atoms with Crippen LogP contribution in [0.1, 0.15) is 36.5 Å². The Morgan fingerprint density at radius 2 is 2.26 bits per heavy atom. The summed E-state index contributed by atoms with van der Waals surface area (Å²) in [6.07, 6.45) is 3.40. The van der Waals surface area contributed by atoms with Gasteiger partial charge in [-0.05, 0) is 49.9 Å². The van der Waals surface area contributed by atoms with Gasteiger partial charge in [-0.1, -0.05) is 6.92 Å². The fraction of sp³-hybridized carbons (Fsp3) is 0.611. The van der Waals surface area contributed by atoms with Crippen molar-refractivity contribution < 1.29 is 14.3 Å². The second-order valence-electron chi connectivity index (χ2n) is 6.94. The Balaban J connectivity index is 1.43. The van der Waals surface area contributed by atoms with Crippen molar-refractivity contribution >= 4 is 5.91 Å². The minimum atomic E-state index is -0.0125. The maximum absolute atomic E-state index is 12.5. The van der Waals surface area contributed by atoms with E-state index in [0.717, 1.165) is 31.1 Å². The molecule has 1 aromatic rings. The molecule has 3 aliphatic heterocycles. The average Bonchev–Trinajstić information content (AvgIpc) is 2.92. The van der Waals surface area contributed by atoms with Gasteiger partial charge in [0.05, 0.1) is 0 Å². The monoisotopic (exact) mass is 316 g/mol. The number of carbonyl (C=O) groups is 1. The van der Waals surface area contributed by atoms with Crippen LogP contribution in [-0.2, 0) is 0 Å². The molecule has 23 heavy (non-hydrogen) atoms. The Hall–Kier alpha value is -1.75. The third-order valence-corrected chi connectivity index (χ3v) is 5.18. The van der Waals surface area contributed by atoms with E-state index in [1.54, 1.807) is 6.07 Å². The molecule has 1 aromatic carbocycles. The predicted molar refractivity (Wildman–Crippen MR) is 87.1 cm³/mol. The maximum atomic E-state index is 12.5. The van der Waals surface area contributed by atoms with Gasteiger partial charge < -0.3 is 19.7 Å². The zero-order valence-electron chi connectivity index (χ0n) is 13.6. The van der Waals surface area contributed by atoms with Crippen LogP contribution in [-0.4, -0.2) is 49.2 Å². The average molecular weight is 316 g/mol. The van der Waals surface area contributed by atoms with Gasteiger partial charge in [-0.2, -0.15) is 0 Å². The molecule has 0 radical (unpaired) electrons. The lowest BCUT2D eigenvalue weighted by Crippen LogP contribution is -2.47. The van der Waals surface area contributed by atoms with Crippen LogP contribution in [0, 0.1) is 5.92 Å². The van der Waals surface area contributed by atoms with E-state index in [9.17, 15) is 4.79 Å². The van der Waals surface area contributed by atoms with Crippen molar-refractivity contribution in [2.24, 2.45) is 5.92 Å². The minimum absolute atomic E-state index is 0.0125. The van der Waals surface area contributed by atoms with Crippen molar-refractivity contribution in [2.75, 3.05) is 26.2 Å². The number of ether oxygens (including phenoxy) is 2. The number of nitrogens with one attached hydrogen (secondary N) is 1. The summed E-state index contributed by atoms with van der Waals surface area (Å²) in [5.74, 6) is 2.15. The molecule has 3 heterocycles. The Morgan fingerprint density at radius 3 is 3.09 bits per heavy atom. The standard InChI is InChI=1S/C18H24N2O3/c1-2-15-11-22-17-8-13(3-4-16(17)23-15)18(21)19-14-7-12-5-6-20(9-12)10-14/h3-4,8,12,14-15H,2,5-7,9-11H2,1H3,(H,19,21)/t12-,14-,15?/m1/s1. The number of amides is 1. The lowest BCUT2D eigenvalue weighted by molar-refractivity contribution is 0.0867. The molecule has 0 spiro atoms. The molecule has 2 unspecified atom stereocenters. The molecular weight excluding hydrogens is 292 g/mol. The van der Waals surface area contributed by atoms with E-state index < -0.39 is 0 Å². The summed E-state index contributed by atoms with van der Waals surface area (Å²) < 4.78 is 11.6. The number of piperidine rings is 1. The number of carbonyl (C=O) groups excluding carboxylic acids is 1. The molecule has 0 saturated carbocycles. The van der Waals surface area contributed by atoms with Crippen LogP contribution in [0.5, 0.6) is 11.5 Å². The first-order valence-electron chi connectivity index (χ1n) is 8.68. The van der Waals surface area contributed by atoms with Crippen LogP contribution in [0.4, 0.5) is 0 Å². The topological polar surface area (TPSA) is 50.8 Å². The molecule has 0 aromatic heterocycles. The van der Waals surface area contributed by atoms with Gasteiger partial charge in [0.25, 0.3) is 5.91 Å². The van der Waals surface area contributed by atoms with Crippen LogP contribution < -0.4 is 14.8 Å². The first-order chi connectivity index (χ1) is 11.2. The second-order valence-corrected chi connectivity index (χ2v) is 6.94. The number of hydrogen-bond acceptors (Lipinski definition) is 4. The van der Waals surface area contributed by atoms with Gasteiger partial charge in [0.15, 0.2) is 11.5 Å². The van der Waals surface area contributed by atoms with Crippen molar-refractivity contribution in [3.63, 3.8) is 0 Å². The molecule has 5 heteroatoms. The van der Waals surface area contributed by atoms with Crippen LogP contribution in [0.2, 0.25) is 0 Å². The highest BCUT2D eigenvalue weighted by Crippen LogP contribution is 2.33. The van der Waals surface area contributed by atoms with Gasteiger partial charge in [0, 0.05) is 24.7 Å². The van der Waals surface area contributed by atoms with E-state index in [1.165, 1.54) is 19.5 Å². The molecule has 0 aliphatic carbocycles. The van der Waals surface area contributed by atoms with E-state index in [2.05, 4.69) is 17.1 Å². The quantitative estimate of drug-likeness (QED) is 0.927. The zero-order chi connectivity index (χ0) is 15.8. The van der Waals surface area contributed by atoms with E-state index in [0.29, 0.717) is 17.9 Å². The van der Waals surface area contributed by atoms with Crippen molar-refractivity contribution in [1.29, 1.82) is 0 Å². The normalized spacial score (nSPS) is 31.7. The van der Waals surface area contributed by atoms with Crippen LogP contribution >= 0.6 is 0 Å². The van der Waals surface area contributed by atoms with Gasteiger partial charge in [0.2, 0.25) is 0 Å². The fourth-order valence-corrected chi connectivity index (χ4v) is 3.89. The molecule has 1 N–H and O–H groups in total. The number of hydrogen-bond donors (Lipinski definition) is 1. The van der Waals surface area contributed by atoms with Gasteiger partial charge in [-0.15, -0.1) is 0 Å². The van der Waals surface area contributed by atoms with Gasteiger partial charge in [0.1, 0.15) is 12.7 Å². The van der Waals surface area contributed by atoms with Crippen LogP contribution in [0.15, 0.2) is 18.2 Å². The minimum Gasteiger partial charge on any atom is -0.486 e. The summed E-state index contributed by atoms with van der Waals surface area (Å²) in [6.45, 7) is 5.99. The molecule has 3 aliphatic rings. The third-order valence-electron chi connectivity index (χ3n) is 5.18. The van der Waals surface area contributed by atoms with E-state index in [1.807, 2.05) is 12.1 Å². The summed E-state index contributed by atoms with van der Waals surface area (Å²) in [7, 11) is 0. The van der Waals surface area contributed by atoms with E-state index >= 15 is 0 Å². The molecule has 2 saturated heterocycles. The Labute approximate surface area is 136 Å². The SMILES string of the molecule is CCC1COc2cc(C(=O)N[C@@H]3C[C@H]4CCN(C4)C3)ccc2O1. The smallest absolute Gasteiger partial charge is 0.251 e. The maximum Gasteiger partial charge on any atom is 0.251 e. The van der Waals surface area contributed by atoms with Crippen LogP contribution in [0.3, 0.4) is 0 Å². The number of benzene rings is 1. The summed E-state index contributed by atoms with van der Waals surface area (Å²) in [6, 6.07) is 5.74. The van der Waals surface area contributed by atoms with E-state index in [-0.39, 0.29) is 18.1 Å². The highest BCUT2D eigenvalue weighted by Gasteiger charge is 2.33. The second kappa shape index (κ2) is 6.04. The number of fused-ring (bicyclic) bond motifs is 3. The first kappa shape index (κ1) is 14.8. The molecule has 4 rings (SSSR count). The summed E-state index contributed by atoms with van der Waals surface area (Å²) in [4.78, 5) is 15.0. The molecular formula is C18H24N2O3. The lowest BCUT2D eigenvalue weighted by atomic mass is 9.96. The molecule has 124 valence electrons. The number of nitrogens with zero attached hydrogens (tertiary/aromatic N) is 1. The summed E-state index contributed by atoms with van der Waals surface area (Å²) >= 11 is 0. The highest BCUT2D eigenvalue weighted by molar-refractivity contribution is 5.95. The summed E-state index contributed by atoms with van der Waals surface area (Å²) in [5.41, 5.74) is 0.648. The molecule has 5 nitrogen and oxygen atoms in total. The van der Waals surface area contributed by atoms with E-state index in [4.69, 9.17) is 9.47 Å². The highest BCUT2D eigenvalue weighted by atomic mass is 16.6. The zero-order valence-corrected chi connectivity index (χ0v) is 13.6. The van der Waals surface area contributed by atoms with Crippen molar-refractivity contribution in [2.45, 2.75) is 38.3 Å². The fourth-order valence-electron chi connectivity index (χ4n) is 3.89. The summed E-state index contributed by atoms with van der Waals surface area (Å²) in [5, 5.41) is 3.19. The number of rotatable bonds is 3. The molecule has 1 amide bonds.